The van der Waals surface area contributed by atoms with Gasteiger partial charge in [0.2, 0.25) is 5.91 Å². The number of thioether (sulfide) groups is 1. The first-order valence-corrected chi connectivity index (χ1v) is 8.59. The molecule has 0 aliphatic heterocycles. The minimum Gasteiger partial charge on any atom is -0.462 e. The number of amides is 1. The summed E-state index contributed by atoms with van der Waals surface area (Å²) in [4.78, 5) is 23.6. The van der Waals surface area contributed by atoms with Gasteiger partial charge in [-0.2, -0.15) is 0 Å². The van der Waals surface area contributed by atoms with Crippen LogP contribution in [-0.4, -0.2) is 39.0 Å². The van der Waals surface area contributed by atoms with E-state index in [4.69, 9.17) is 4.74 Å². The summed E-state index contributed by atoms with van der Waals surface area (Å²) in [6, 6.07) is 6.82. The minimum atomic E-state index is -0.376. The number of carbonyl (C=O) groups is 2. The number of nitrogens with one attached hydrogen (secondary N) is 1. The molecule has 0 saturated heterocycles. The van der Waals surface area contributed by atoms with Gasteiger partial charge in [0.25, 0.3) is 0 Å². The first kappa shape index (κ1) is 18.0. The van der Waals surface area contributed by atoms with Crippen LogP contribution in [0.1, 0.15) is 37.2 Å². The van der Waals surface area contributed by atoms with Gasteiger partial charge in [0.1, 0.15) is 6.33 Å². The van der Waals surface area contributed by atoms with E-state index < -0.39 is 0 Å². The molecule has 0 fully saturated rings. The third kappa shape index (κ3) is 4.82. The molecule has 0 aliphatic rings. The van der Waals surface area contributed by atoms with E-state index in [0.717, 1.165) is 0 Å². The highest BCUT2D eigenvalue weighted by molar-refractivity contribution is 7.99. The van der Waals surface area contributed by atoms with Gasteiger partial charge in [-0.3, -0.25) is 4.79 Å². The topological polar surface area (TPSA) is 86.1 Å². The summed E-state index contributed by atoms with van der Waals surface area (Å²) < 4.78 is 6.82. The lowest BCUT2D eigenvalue weighted by Crippen LogP contribution is -2.15. The largest absolute Gasteiger partial charge is 0.462 e. The van der Waals surface area contributed by atoms with Crippen LogP contribution in [0.25, 0.3) is 0 Å². The number of ether oxygens (including phenoxy) is 1. The van der Waals surface area contributed by atoms with Crippen molar-refractivity contribution in [2.24, 2.45) is 0 Å². The molecule has 8 heteroatoms. The number of nitrogens with zero attached hydrogens (tertiary/aromatic N) is 3. The lowest BCUT2D eigenvalue weighted by molar-refractivity contribution is -0.113. The van der Waals surface area contributed by atoms with Gasteiger partial charge in [0.15, 0.2) is 5.16 Å². The average molecular weight is 348 g/mol. The molecule has 128 valence electrons. The Bertz CT molecular complexity index is 698. The predicted octanol–water partition coefficient (Wildman–Crippen LogP) is 2.77. The quantitative estimate of drug-likeness (QED) is 0.612. The van der Waals surface area contributed by atoms with E-state index in [2.05, 4.69) is 15.5 Å². The molecule has 1 aromatic heterocycles. The number of benzene rings is 1. The van der Waals surface area contributed by atoms with E-state index in [9.17, 15) is 9.59 Å². The van der Waals surface area contributed by atoms with Crippen molar-refractivity contribution in [1.29, 1.82) is 0 Å². The lowest BCUT2D eigenvalue weighted by atomic mass is 10.2. The van der Waals surface area contributed by atoms with Gasteiger partial charge in [0, 0.05) is 11.7 Å². The summed E-state index contributed by atoms with van der Waals surface area (Å²) in [7, 11) is 0. The van der Waals surface area contributed by atoms with Gasteiger partial charge >= 0.3 is 5.97 Å². The van der Waals surface area contributed by atoms with Gasteiger partial charge in [-0.15, -0.1) is 10.2 Å². The molecule has 0 bridgehead atoms. The summed E-state index contributed by atoms with van der Waals surface area (Å²) in [5.41, 5.74) is 1.08. The van der Waals surface area contributed by atoms with Crippen LogP contribution in [0.5, 0.6) is 0 Å². The first-order valence-electron chi connectivity index (χ1n) is 7.60. The molecule has 1 amide bonds. The van der Waals surface area contributed by atoms with Gasteiger partial charge in [-0.05, 0) is 45.0 Å². The number of anilines is 1. The zero-order chi connectivity index (χ0) is 17.5. The molecule has 7 nitrogen and oxygen atoms in total. The predicted molar refractivity (Wildman–Crippen MR) is 92.2 cm³/mol. The summed E-state index contributed by atoms with van der Waals surface area (Å²) in [6.07, 6.45) is 1.65. The van der Waals surface area contributed by atoms with Crippen molar-refractivity contribution in [2.75, 3.05) is 17.7 Å². The molecule has 2 rings (SSSR count). The normalized spacial score (nSPS) is 10.7. The zero-order valence-electron chi connectivity index (χ0n) is 13.9. The Kier molecular flexibility index (Phi) is 6.36. The summed E-state index contributed by atoms with van der Waals surface area (Å²) in [6.45, 7) is 6.14. The van der Waals surface area contributed by atoms with E-state index >= 15 is 0 Å². The van der Waals surface area contributed by atoms with E-state index in [1.165, 1.54) is 11.8 Å². The van der Waals surface area contributed by atoms with Crippen LogP contribution in [0.3, 0.4) is 0 Å². The number of aromatic nitrogens is 3. The number of carbonyl (C=O) groups excluding carboxylic acids is 2. The second kappa shape index (κ2) is 8.49. The Morgan fingerprint density at radius 1 is 1.29 bits per heavy atom. The summed E-state index contributed by atoms with van der Waals surface area (Å²) >= 11 is 1.33. The number of esters is 1. The van der Waals surface area contributed by atoms with Crippen molar-refractivity contribution in [3.63, 3.8) is 0 Å². The molecule has 0 atom stereocenters. The van der Waals surface area contributed by atoms with Gasteiger partial charge < -0.3 is 14.6 Å². The Morgan fingerprint density at radius 2 is 2.00 bits per heavy atom. The van der Waals surface area contributed by atoms with Gasteiger partial charge in [0.05, 0.1) is 17.9 Å². The lowest BCUT2D eigenvalue weighted by Gasteiger charge is -2.09. The fraction of sp³-hybridized carbons (Fsp3) is 0.375. The Labute approximate surface area is 144 Å². The average Bonchev–Trinajstić information content (AvgIpc) is 3.02. The Morgan fingerprint density at radius 3 is 2.62 bits per heavy atom. The SMILES string of the molecule is CCOC(=O)c1ccc(NC(=O)CSc2nncn2C(C)C)cc1. The highest BCUT2D eigenvalue weighted by atomic mass is 32.2. The molecule has 0 unspecified atom stereocenters. The van der Waals surface area contributed by atoms with Crippen LogP contribution in [0, 0.1) is 0 Å². The third-order valence-corrected chi connectivity index (χ3v) is 4.07. The molecule has 1 N–H and O–H groups in total. The number of rotatable bonds is 7. The van der Waals surface area contributed by atoms with Crippen molar-refractivity contribution >= 4 is 29.3 Å². The second-order valence-corrected chi connectivity index (χ2v) is 6.19. The van der Waals surface area contributed by atoms with Crippen molar-refractivity contribution in [3.05, 3.63) is 36.2 Å². The molecular weight excluding hydrogens is 328 g/mol. The molecular formula is C16H20N4O3S. The Hall–Kier alpha value is -2.35. The fourth-order valence-electron chi connectivity index (χ4n) is 1.92. The maximum atomic E-state index is 12.0. The fourth-order valence-corrected chi connectivity index (χ4v) is 2.76. The maximum absolute atomic E-state index is 12.0. The van der Waals surface area contributed by atoms with E-state index in [1.54, 1.807) is 37.5 Å². The van der Waals surface area contributed by atoms with Crippen LogP contribution < -0.4 is 5.32 Å². The summed E-state index contributed by atoms with van der Waals surface area (Å²) in [5.74, 6) is -0.299. The number of hydrogen-bond donors (Lipinski definition) is 1. The van der Waals surface area contributed by atoms with E-state index in [1.807, 2.05) is 18.4 Å². The molecule has 2 aromatic rings. The molecule has 1 heterocycles. The maximum Gasteiger partial charge on any atom is 0.338 e. The van der Waals surface area contributed by atoms with Crippen LogP contribution in [0.15, 0.2) is 35.7 Å². The van der Waals surface area contributed by atoms with Gasteiger partial charge in [-0.25, -0.2) is 4.79 Å². The van der Waals surface area contributed by atoms with Crippen molar-refractivity contribution in [2.45, 2.75) is 32.0 Å². The molecule has 24 heavy (non-hydrogen) atoms. The molecule has 1 aromatic carbocycles. The zero-order valence-corrected chi connectivity index (χ0v) is 14.7. The molecule has 0 radical (unpaired) electrons. The van der Waals surface area contributed by atoms with Crippen molar-refractivity contribution in [1.82, 2.24) is 14.8 Å². The van der Waals surface area contributed by atoms with Crippen LogP contribution in [0.4, 0.5) is 5.69 Å². The highest BCUT2D eigenvalue weighted by Gasteiger charge is 2.11. The van der Waals surface area contributed by atoms with Crippen molar-refractivity contribution < 1.29 is 14.3 Å². The van der Waals surface area contributed by atoms with E-state index in [0.29, 0.717) is 23.0 Å². The van der Waals surface area contributed by atoms with Crippen LogP contribution in [-0.2, 0) is 9.53 Å². The molecule has 0 spiro atoms. The smallest absolute Gasteiger partial charge is 0.338 e. The van der Waals surface area contributed by atoms with Gasteiger partial charge in [-0.1, -0.05) is 11.8 Å². The third-order valence-electron chi connectivity index (χ3n) is 3.11. The minimum absolute atomic E-state index is 0.151. The Balaban J connectivity index is 1.88. The standard InChI is InChI=1S/C16H20N4O3S/c1-4-23-15(22)12-5-7-13(8-6-12)18-14(21)9-24-16-19-17-10-20(16)11(2)3/h5-8,10-11H,4,9H2,1-3H3,(H,18,21). The monoisotopic (exact) mass is 348 g/mol. The summed E-state index contributed by atoms with van der Waals surface area (Å²) in [5, 5.41) is 11.4. The highest BCUT2D eigenvalue weighted by Crippen LogP contribution is 2.19. The molecule has 0 saturated carbocycles. The number of hydrogen-bond acceptors (Lipinski definition) is 6. The first-order chi connectivity index (χ1) is 11.5. The van der Waals surface area contributed by atoms with Crippen LogP contribution in [0.2, 0.25) is 0 Å². The van der Waals surface area contributed by atoms with Crippen LogP contribution >= 0.6 is 11.8 Å². The second-order valence-electron chi connectivity index (χ2n) is 5.25. The molecule has 0 aliphatic carbocycles. The van der Waals surface area contributed by atoms with Crippen molar-refractivity contribution in [3.8, 4) is 0 Å². The van der Waals surface area contributed by atoms with E-state index in [-0.39, 0.29) is 23.7 Å².